The SMILES string of the molecule is F[B-](F)(F)F.O=[N+]([O-])c1ccc(NC2[C+](c3ccccc3)C2c2ccccc2)cc1. The lowest BCUT2D eigenvalue weighted by Crippen LogP contribution is -2.05. The van der Waals surface area contributed by atoms with Crippen LogP contribution in [0.4, 0.5) is 28.6 Å². The van der Waals surface area contributed by atoms with Crippen LogP contribution in [0, 0.1) is 16.0 Å². The van der Waals surface area contributed by atoms with E-state index in [-0.39, 0.29) is 16.7 Å². The van der Waals surface area contributed by atoms with Crippen LogP contribution in [0.1, 0.15) is 17.0 Å². The molecule has 0 radical (unpaired) electrons. The lowest BCUT2D eigenvalue weighted by Gasteiger charge is -2.03. The van der Waals surface area contributed by atoms with Crippen LogP contribution in [0.2, 0.25) is 0 Å². The second kappa shape index (κ2) is 8.90. The van der Waals surface area contributed by atoms with Crippen LogP contribution < -0.4 is 5.32 Å². The first-order valence-corrected chi connectivity index (χ1v) is 9.09. The molecule has 1 fully saturated rings. The molecule has 2 atom stereocenters. The van der Waals surface area contributed by atoms with Gasteiger partial charge in [-0.25, -0.2) is 0 Å². The highest BCUT2D eigenvalue weighted by Crippen LogP contribution is 2.55. The van der Waals surface area contributed by atoms with Crippen molar-refractivity contribution in [1.82, 2.24) is 0 Å². The van der Waals surface area contributed by atoms with Gasteiger partial charge in [-0.15, -0.1) is 0 Å². The summed E-state index contributed by atoms with van der Waals surface area (Å²) in [5, 5.41) is 14.3. The summed E-state index contributed by atoms with van der Waals surface area (Å²) < 4.78 is 39.0. The lowest BCUT2D eigenvalue weighted by atomic mass is 10.0. The molecule has 0 heterocycles. The highest BCUT2D eigenvalue weighted by molar-refractivity contribution is 6.50. The number of anilines is 1. The van der Waals surface area contributed by atoms with Crippen molar-refractivity contribution in [2.24, 2.45) is 0 Å². The molecular formula is C21H17BF4N2O2. The number of hydrogen-bond donors (Lipinski definition) is 1. The average molecular weight is 416 g/mol. The number of benzene rings is 3. The van der Waals surface area contributed by atoms with Crippen molar-refractivity contribution in [3.05, 3.63) is 112 Å². The first-order valence-electron chi connectivity index (χ1n) is 9.09. The van der Waals surface area contributed by atoms with Crippen LogP contribution in [0.15, 0.2) is 84.9 Å². The molecular weight excluding hydrogens is 399 g/mol. The van der Waals surface area contributed by atoms with E-state index in [1.54, 1.807) is 12.1 Å². The van der Waals surface area contributed by atoms with Crippen molar-refractivity contribution in [1.29, 1.82) is 0 Å². The zero-order chi connectivity index (χ0) is 21.7. The summed E-state index contributed by atoms with van der Waals surface area (Å²) in [4.78, 5) is 10.4. The van der Waals surface area contributed by atoms with Crippen molar-refractivity contribution in [3.8, 4) is 0 Å². The standard InChI is InChI=1S/C21H17N2O2.BF4/c24-23(25)18-13-11-17(12-14-18)22-21-19(15-7-3-1-4-8-15)20(21)16-9-5-2-6-10-16;2-1(3,4)5/h1-14,19,21-22H;/q+1;-1. The van der Waals surface area contributed by atoms with Gasteiger partial charge in [0, 0.05) is 30.0 Å². The maximum absolute atomic E-state index is 10.8. The molecule has 1 N–H and O–H groups in total. The summed E-state index contributed by atoms with van der Waals surface area (Å²) in [7, 11) is -6.00. The van der Waals surface area contributed by atoms with Gasteiger partial charge in [0.15, 0.2) is 0 Å². The predicted octanol–water partition coefficient (Wildman–Crippen LogP) is 6.10. The van der Waals surface area contributed by atoms with Crippen molar-refractivity contribution in [2.75, 3.05) is 5.32 Å². The summed E-state index contributed by atoms with van der Waals surface area (Å²) in [5.41, 5.74) is 3.51. The maximum Gasteiger partial charge on any atom is 0.673 e. The maximum atomic E-state index is 10.8. The molecule has 0 bridgehead atoms. The molecule has 1 aliphatic carbocycles. The summed E-state index contributed by atoms with van der Waals surface area (Å²) in [5.74, 6) is 1.67. The van der Waals surface area contributed by atoms with Gasteiger partial charge in [0.05, 0.1) is 16.8 Å². The van der Waals surface area contributed by atoms with Crippen LogP contribution >= 0.6 is 0 Å². The number of halogens is 4. The molecule has 3 aromatic carbocycles. The van der Waals surface area contributed by atoms with Gasteiger partial charge in [0.1, 0.15) is 11.6 Å². The number of nitro benzene ring substituents is 1. The highest BCUT2D eigenvalue weighted by atomic mass is 19.5. The fourth-order valence-electron chi connectivity index (χ4n) is 3.31. The van der Waals surface area contributed by atoms with Gasteiger partial charge in [-0.05, 0) is 35.9 Å². The normalized spacial score (nSPS) is 17.5. The van der Waals surface area contributed by atoms with Crippen LogP contribution in [0.25, 0.3) is 0 Å². The molecule has 154 valence electrons. The Morgan fingerprint density at radius 3 is 1.83 bits per heavy atom. The third-order valence-electron chi connectivity index (χ3n) is 4.56. The van der Waals surface area contributed by atoms with E-state index in [4.69, 9.17) is 0 Å². The Balaban J connectivity index is 0.000000461. The summed E-state index contributed by atoms with van der Waals surface area (Å²) in [6, 6.07) is 27.6. The first kappa shape index (κ1) is 21.2. The molecule has 0 spiro atoms. The number of non-ortho nitro benzene ring substituents is 1. The van der Waals surface area contributed by atoms with E-state index in [1.807, 2.05) is 24.3 Å². The predicted molar refractivity (Wildman–Crippen MR) is 109 cm³/mol. The minimum Gasteiger partial charge on any atom is -0.418 e. The third kappa shape index (κ3) is 5.76. The Morgan fingerprint density at radius 1 is 0.833 bits per heavy atom. The van der Waals surface area contributed by atoms with Crippen LogP contribution in [0.3, 0.4) is 0 Å². The minimum absolute atomic E-state index is 0.105. The zero-order valence-electron chi connectivity index (χ0n) is 15.6. The molecule has 0 aromatic heterocycles. The van der Waals surface area contributed by atoms with E-state index in [0.717, 1.165) is 5.69 Å². The molecule has 4 nitrogen and oxygen atoms in total. The van der Waals surface area contributed by atoms with Crippen molar-refractivity contribution < 1.29 is 22.2 Å². The van der Waals surface area contributed by atoms with Crippen molar-refractivity contribution in [2.45, 2.75) is 12.0 Å². The molecule has 3 aromatic rings. The molecule has 9 heteroatoms. The Labute approximate surface area is 170 Å². The lowest BCUT2D eigenvalue weighted by molar-refractivity contribution is -0.384. The number of nitro groups is 1. The Bertz CT molecular complexity index is 918. The van der Waals surface area contributed by atoms with E-state index in [2.05, 4.69) is 41.7 Å². The highest BCUT2D eigenvalue weighted by Gasteiger charge is 2.58. The number of nitrogens with zero attached hydrogens (tertiary/aromatic N) is 1. The van der Waals surface area contributed by atoms with Crippen molar-refractivity contribution >= 4 is 18.6 Å². The Morgan fingerprint density at radius 2 is 1.33 bits per heavy atom. The fraction of sp³-hybridized carbons (Fsp3) is 0.0952. The van der Waals surface area contributed by atoms with E-state index < -0.39 is 7.25 Å². The van der Waals surface area contributed by atoms with Crippen molar-refractivity contribution in [3.63, 3.8) is 0 Å². The molecule has 0 saturated heterocycles. The number of rotatable bonds is 5. The fourth-order valence-corrected chi connectivity index (χ4v) is 3.31. The average Bonchev–Trinajstić information content (AvgIpc) is 3.42. The molecule has 2 unspecified atom stereocenters. The Hall–Kier alpha value is -3.49. The molecule has 4 rings (SSSR count). The van der Waals surface area contributed by atoms with Crippen LogP contribution in [-0.2, 0) is 0 Å². The van der Waals surface area contributed by atoms with Gasteiger partial charge < -0.3 is 22.6 Å². The summed E-state index contributed by atoms with van der Waals surface area (Å²) >= 11 is 0. The second-order valence-corrected chi connectivity index (χ2v) is 6.63. The quantitative estimate of drug-likeness (QED) is 0.180. The second-order valence-electron chi connectivity index (χ2n) is 6.63. The number of hydrogen-bond acceptors (Lipinski definition) is 3. The molecule has 1 saturated carbocycles. The van der Waals surface area contributed by atoms with Crippen LogP contribution in [0.5, 0.6) is 0 Å². The first-order chi connectivity index (χ1) is 14.2. The molecule has 30 heavy (non-hydrogen) atoms. The molecule has 0 aliphatic heterocycles. The topological polar surface area (TPSA) is 55.2 Å². The van der Waals surface area contributed by atoms with Gasteiger partial charge in [-0.2, -0.15) is 0 Å². The third-order valence-corrected chi connectivity index (χ3v) is 4.56. The van der Waals surface area contributed by atoms with Gasteiger partial charge >= 0.3 is 7.25 Å². The van der Waals surface area contributed by atoms with Gasteiger partial charge in [-0.3, -0.25) is 10.1 Å². The monoisotopic (exact) mass is 416 g/mol. The summed E-state index contributed by atoms with van der Waals surface area (Å²) in [6.45, 7) is 0. The van der Waals surface area contributed by atoms with E-state index in [0.29, 0.717) is 5.92 Å². The van der Waals surface area contributed by atoms with Gasteiger partial charge in [-0.1, -0.05) is 30.3 Å². The molecule has 0 amide bonds. The van der Waals surface area contributed by atoms with Crippen LogP contribution in [-0.4, -0.2) is 18.2 Å². The minimum atomic E-state index is -6.00. The largest absolute Gasteiger partial charge is 0.673 e. The van der Waals surface area contributed by atoms with Gasteiger partial charge in [0.25, 0.3) is 5.69 Å². The molecule has 1 aliphatic rings. The van der Waals surface area contributed by atoms with E-state index in [1.165, 1.54) is 29.2 Å². The van der Waals surface area contributed by atoms with Gasteiger partial charge in [0.2, 0.25) is 0 Å². The Kier molecular flexibility index (Phi) is 6.30. The van der Waals surface area contributed by atoms with E-state index in [9.17, 15) is 27.4 Å². The smallest absolute Gasteiger partial charge is 0.418 e. The zero-order valence-corrected chi connectivity index (χ0v) is 15.6. The number of nitrogens with one attached hydrogen (secondary N) is 1. The summed E-state index contributed by atoms with van der Waals surface area (Å²) in [6.07, 6.45) is 0. The van der Waals surface area contributed by atoms with E-state index >= 15 is 0 Å².